The molecule has 2 amide bonds. The van der Waals surface area contributed by atoms with Crippen molar-refractivity contribution >= 4 is 34.1 Å². The lowest BCUT2D eigenvalue weighted by Crippen LogP contribution is -2.27. The number of nitrogens with zero attached hydrogens (tertiary/aromatic N) is 1. The molecule has 3 aromatic carbocycles. The summed E-state index contributed by atoms with van der Waals surface area (Å²) in [4.78, 5) is 29.7. The maximum atomic E-state index is 15.0. The number of fused-ring (bicyclic) bond motifs is 1. The highest BCUT2D eigenvalue weighted by molar-refractivity contribution is 6.26. The second kappa shape index (κ2) is 12.1. The lowest BCUT2D eigenvalue weighted by molar-refractivity contribution is -0.118. The molecule has 0 saturated carbocycles. The number of benzene rings is 3. The quantitative estimate of drug-likeness (QED) is 0.150. The molecule has 206 valence electrons. The normalized spacial score (nSPS) is 11.1. The van der Waals surface area contributed by atoms with E-state index in [-0.39, 0.29) is 11.4 Å². The van der Waals surface area contributed by atoms with Gasteiger partial charge in [0.25, 0.3) is 11.8 Å². The van der Waals surface area contributed by atoms with E-state index in [0.717, 1.165) is 30.5 Å². The van der Waals surface area contributed by atoms with Crippen LogP contribution in [0.3, 0.4) is 0 Å². The summed E-state index contributed by atoms with van der Waals surface area (Å²) >= 11 is 0. The third-order valence-electron chi connectivity index (χ3n) is 5.60. The van der Waals surface area contributed by atoms with Crippen LogP contribution in [-0.4, -0.2) is 38.1 Å². The van der Waals surface area contributed by atoms with E-state index in [9.17, 15) is 14.0 Å². The molecule has 0 spiro atoms. The molecule has 0 atom stereocenters. The molecule has 0 radical (unpaired) electrons. The number of amides is 2. The van der Waals surface area contributed by atoms with Gasteiger partial charge in [-0.1, -0.05) is 0 Å². The molecule has 0 unspecified atom stereocenters. The Bertz CT molecular complexity index is 1610. The molecule has 0 aliphatic rings. The first-order chi connectivity index (χ1) is 19.2. The van der Waals surface area contributed by atoms with Gasteiger partial charge in [0.2, 0.25) is 5.82 Å². The lowest BCUT2D eigenvalue weighted by atomic mass is 10.1. The van der Waals surface area contributed by atoms with Crippen LogP contribution in [0.4, 0.5) is 24.5 Å². The third-order valence-corrected chi connectivity index (χ3v) is 5.60. The van der Waals surface area contributed by atoms with Gasteiger partial charge in [-0.3, -0.25) is 14.6 Å². The number of aromatic nitrogens is 1. The SMILES string of the molecule is CN/C=C(\C(=O)Nc1ccc(F)cc1)C(=O)Nc1ccc(Oc2ccnc3cc(OC)c(OC)cc23)c(F)c1F. The zero-order valence-corrected chi connectivity index (χ0v) is 21.5. The molecular weight excluding hydrogens is 529 g/mol. The van der Waals surface area contributed by atoms with Crippen molar-refractivity contribution in [3.8, 4) is 23.0 Å². The average Bonchev–Trinajstić information content (AvgIpc) is 2.96. The number of hydrogen-bond acceptors (Lipinski definition) is 7. The zero-order valence-electron chi connectivity index (χ0n) is 21.5. The number of carbonyl (C=O) groups excluding carboxylic acids is 2. The Morgan fingerprint density at radius 3 is 2.15 bits per heavy atom. The van der Waals surface area contributed by atoms with Crippen LogP contribution < -0.4 is 30.2 Å². The van der Waals surface area contributed by atoms with E-state index in [2.05, 4.69) is 20.9 Å². The van der Waals surface area contributed by atoms with Crippen LogP contribution in [0, 0.1) is 17.5 Å². The standard InChI is InChI=1S/C28H23F3N4O5/c1-32-14-18(27(36)34-16-6-4-15(29)5-7-16)28(37)35-19-8-9-22(26(31)25(19)30)40-21-10-11-33-20-13-24(39-3)23(38-2)12-17(20)21/h4-14,32H,1-3H3,(H,34,36)(H,35,37)/b18-14+. The molecular formula is C28H23F3N4O5. The lowest BCUT2D eigenvalue weighted by Gasteiger charge is -2.14. The molecule has 0 aliphatic carbocycles. The average molecular weight is 553 g/mol. The van der Waals surface area contributed by atoms with Gasteiger partial charge in [0, 0.05) is 36.6 Å². The Balaban J connectivity index is 1.56. The van der Waals surface area contributed by atoms with Gasteiger partial charge in [0.05, 0.1) is 25.4 Å². The van der Waals surface area contributed by atoms with Crippen molar-refractivity contribution in [1.29, 1.82) is 0 Å². The van der Waals surface area contributed by atoms with E-state index in [0.29, 0.717) is 22.4 Å². The van der Waals surface area contributed by atoms with E-state index >= 15 is 8.78 Å². The van der Waals surface area contributed by atoms with E-state index < -0.39 is 46.3 Å². The minimum Gasteiger partial charge on any atom is -0.493 e. The van der Waals surface area contributed by atoms with Gasteiger partial charge >= 0.3 is 0 Å². The van der Waals surface area contributed by atoms with Crippen LogP contribution in [0.5, 0.6) is 23.0 Å². The fourth-order valence-electron chi connectivity index (χ4n) is 3.66. The van der Waals surface area contributed by atoms with E-state index in [1.54, 1.807) is 12.1 Å². The highest BCUT2D eigenvalue weighted by atomic mass is 19.2. The molecule has 0 aliphatic heterocycles. The Morgan fingerprint density at radius 1 is 0.800 bits per heavy atom. The van der Waals surface area contributed by atoms with Gasteiger partial charge in [-0.25, -0.2) is 8.78 Å². The van der Waals surface area contributed by atoms with Crippen LogP contribution in [0.1, 0.15) is 0 Å². The Hall–Kier alpha value is -5.26. The van der Waals surface area contributed by atoms with Gasteiger partial charge in [-0.05, 0) is 48.5 Å². The Kier molecular flexibility index (Phi) is 8.38. The number of nitrogens with one attached hydrogen (secondary N) is 3. The molecule has 9 nitrogen and oxygen atoms in total. The number of carbonyl (C=O) groups is 2. The second-order valence-electron chi connectivity index (χ2n) is 8.14. The van der Waals surface area contributed by atoms with Crippen LogP contribution in [0.25, 0.3) is 10.9 Å². The van der Waals surface area contributed by atoms with Crippen molar-refractivity contribution in [3.63, 3.8) is 0 Å². The number of hydrogen-bond donors (Lipinski definition) is 3. The van der Waals surface area contributed by atoms with Gasteiger partial charge in [-0.2, -0.15) is 4.39 Å². The predicted octanol–water partition coefficient (Wildman–Crippen LogP) is 5.14. The minimum absolute atomic E-state index is 0.165. The Morgan fingerprint density at radius 2 is 1.48 bits per heavy atom. The summed E-state index contributed by atoms with van der Waals surface area (Å²) in [6.45, 7) is 0. The summed E-state index contributed by atoms with van der Waals surface area (Å²) in [5, 5.41) is 7.61. The number of anilines is 2. The van der Waals surface area contributed by atoms with Crippen molar-refractivity contribution in [2.45, 2.75) is 0 Å². The highest BCUT2D eigenvalue weighted by Crippen LogP contribution is 2.38. The van der Waals surface area contributed by atoms with Crippen molar-refractivity contribution in [2.75, 3.05) is 31.9 Å². The molecule has 0 saturated heterocycles. The third kappa shape index (κ3) is 5.90. The number of ether oxygens (including phenoxy) is 3. The van der Waals surface area contributed by atoms with Crippen LogP contribution >= 0.6 is 0 Å². The summed E-state index contributed by atoms with van der Waals surface area (Å²) < 4.78 is 59.4. The molecule has 4 rings (SSSR count). The molecule has 1 heterocycles. The van der Waals surface area contributed by atoms with E-state index in [1.165, 1.54) is 45.7 Å². The predicted molar refractivity (Wildman–Crippen MR) is 142 cm³/mol. The fourth-order valence-corrected chi connectivity index (χ4v) is 3.66. The van der Waals surface area contributed by atoms with Crippen LogP contribution in [0.15, 0.2) is 72.6 Å². The van der Waals surface area contributed by atoms with Gasteiger partial charge in [0.1, 0.15) is 17.1 Å². The number of rotatable bonds is 9. The molecule has 40 heavy (non-hydrogen) atoms. The first-order valence-electron chi connectivity index (χ1n) is 11.7. The van der Waals surface area contributed by atoms with E-state index in [4.69, 9.17) is 14.2 Å². The topological polar surface area (TPSA) is 111 Å². The van der Waals surface area contributed by atoms with Crippen molar-refractivity contribution in [1.82, 2.24) is 10.3 Å². The first-order valence-corrected chi connectivity index (χ1v) is 11.7. The Labute approximate surface area is 226 Å². The summed E-state index contributed by atoms with van der Waals surface area (Å²) in [5.74, 6) is -4.68. The number of pyridine rings is 1. The van der Waals surface area contributed by atoms with Crippen molar-refractivity contribution in [3.05, 3.63) is 90.0 Å². The largest absolute Gasteiger partial charge is 0.493 e. The van der Waals surface area contributed by atoms with Gasteiger partial charge in [-0.15, -0.1) is 0 Å². The summed E-state index contributed by atoms with van der Waals surface area (Å²) in [6, 6.07) is 11.7. The summed E-state index contributed by atoms with van der Waals surface area (Å²) in [6.07, 6.45) is 2.51. The fraction of sp³-hybridized carbons (Fsp3) is 0.107. The molecule has 0 bridgehead atoms. The van der Waals surface area contributed by atoms with E-state index in [1.807, 2.05) is 0 Å². The minimum atomic E-state index is -1.41. The van der Waals surface area contributed by atoms with Gasteiger partial charge in [0.15, 0.2) is 23.1 Å². The summed E-state index contributed by atoms with van der Waals surface area (Å²) in [7, 11) is 4.36. The number of methoxy groups -OCH3 is 2. The highest BCUT2D eigenvalue weighted by Gasteiger charge is 2.23. The molecule has 0 fully saturated rings. The molecule has 3 N–H and O–H groups in total. The zero-order chi connectivity index (χ0) is 28.8. The molecule has 1 aromatic heterocycles. The summed E-state index contributed by atoms with van der Waals surface area (Å²) in [5.41, 5.74) is -0.292. The van der Waals surface area contributed by atoms with Crippen molar-refractivity contribution < 1.29 is 37.0 Å². The smallest absolute Gasteiger partial charge is 0.262 e. The second-order valence-corrected chi connectivity index (χ2v) is 8.14. The van der Waals surface area contributed by atoms with Gasteiger partial charge < -0.3 is 30.2 Å². The molecule has 4 aromatic rings. The maximum absolute atomic E-state index is 15.0. The number of halogens is 3. The maximum Gasteiger partial charge on any atom is 0.262 e. The van der Waals surface area contributed by atoms with Crippen molar-refractivity contribution in [2.24, 2.45) is 0 Å². The molecule has 12 heteroatoms. The van der Waals surface area contributed by atoms with Crippen LogP contribution in [-0.2, 0) is 9.59 Å². The van der Waals surface area contributed by atoms with Crippen LogP contribution in [0.2, 0.25) is 0 Å². The first kappa shape index (κ1) is 27.8. The monoisotopic (exact) mass is 552 g/mol.